The van der Waals surface area contributed by atoms with Crippen molar-refractivity contribution in [1.82, 2.24) is 20.1 Å². The van der Waals surface area contributed by atoms with Gasteiger partial charge in [0, 0.05) is 19.0 Å². The number of nitrogens with one attached hydrogen (secondary N) is 1. The highest BCUT2D eigenvalue weighted by Crippen LogP contribution is 2.28. The molecule has 0 saturated carbocycles. The molecule has 3 N–H and O–H groups in total. The number of fused-ring (bicyclic) bond motifs is 1. The number of methoxy groups -OCH3 is 1. The Hall–Kier alpha value is -2.28. The predicted octanol–water partition coefficient (Wildman–Crippen LogP) is 1.79. The van der Waals surface area contributed by atoms with Crippen molar-refractivity contribution in [2.24, 2.45) is 0 Å². The lowest BCUT2D eigenvalue weighted by atomic mass is 10.1. The quantitative estimate of drug-likeness (QED) is 0.830. The van der Waals surface area contributed by atoms with Gasteiger partial charge in [0.05, 0.1) is 29.9 Å². The van der Waals surface area contributed by atoms with E-state index in [1.54, 1.807) is 0 Å². The molecule has 2 heterocycles. The minimum atomic E-state index is -0.295. The highest BCUT2D eigenvalue weighted by molar-refractivity contribution is 6.33. The highest BCUT2D eigenvalue weighted by atomic mass is 35.5. The van der Waals surface area contributed by atoms with Crippen molar-refractivity contribution in [3.63, 3.8) is 0 Å². The molecule has 23 heavy (non-hydrogen) atoms. The fraction of sp³-hybridized carbons (Fsp3) is 0.400. The van der Waals surface area contributed by atoms with Crippen LogP contribution in [0.4, 0.5) is 5.69 Å². The van der Waals surface area contributed by atoms with E-state index in [0.29, 0.717) is 28.6 Å². The second-order valence-corrected chi connectivity index (χ2v) is 5.81. The number of nitrogens with two attached hydrogens (primary N) is 1. The molecule has 0 fully saturated rings. The summed E-state index contributed by atoms with van der Waals surface area (Å²) in [5.74, 6) is 1.83. The first kappa shape index (κ1) is 15.6. The van der Waals surface area contributed by atoms with E-state index >= 15 is 0 Å². The van der Waals surface area contributed by atoms with Crippen LogP contribution in [0.5, 0.6) is 5.75 Å². The smallest absolute Gasteiger partial charge is 0.255 e. The second-order valence-electron chi connectivity index (χ2n) is 5.40. The number of aromatic nitrogens is 3. The summed E-state index contributed by atoms with van der Waals surface area (Å²) >= 11 is 5.99. The summed E-state index contributed by atoms with van der Waals surface area (Å²) in [6, 6.07) is 3.04. The minimum absolute atomic E-state index is 0.295. The number of anilines is 1. The Kier molecular flexibility index (Phi) is 4.38. The van der Waals surface area contributed by atoms with E-state index in [9.17, 15) is 4.79 Å². The summed E-state index contributed by atoms with van der Waals surface area (Å²) in [6.45, 7) is 1.20. The number of hydrogen-bond acceptors (Lipinski definition) is 5. The first-order valence-electron chi connectivity index (χ1n) is 7.42. The SMILES string of the molecule is COc1cc(N)c(Cl)cc1C(=O)NCc1nnc2n1CCCC2. The summed E-state index contributed by atoms with van der Waals surface area (Å²) in [6.07, 6.45) is 3.17. The van der Waals surface area contributed by atoms with Gasteiger partial charge in [-0.25, -0.2) is 0 Å². The Balaban J connectivity index is 1.75. The largest absolute Gasteiger partial charge is 0.496 e. The molecule has 7 nitrogen and oxygen atoms in total. The number of aryl methyl sites for hydroxylation is 1. The Morgan fingerprint density at radius 1 is 1.43 bits per heavy atom. The molecule has 0 unspecified atom stereocenters. The monoisotopic (exact) mass is 335 g/mol. The van der Waals surface area contributed by atoms with E-state index in [1.807, 2.05) is 0 Å². The molecule has 0 saturated heterocycles. The molecule has 8 heteroatoms. The molecule has 0 spiro atoms. The number of amides is 1. The molecule has 0 bridgehead atoms. The van der Waals surface area contributed by atoms with Gasteiger partial charge in [0.2, 0.25) is 0 Å². The van der Waals surface area contributed by atoms with Crippen molar-refractivity contribution in [1.29, 1.82) is 0 Å². The average Bonchev–Trinajstić information content (AvgIpc) is 2.98. The van der Waals surface area contributed by atoms with E-state index in [2.05, 4.69) is 20.1 Å². The van der Waals surface area contributed by atoms with Crippen LogP contribution < -0.4 is 15.8 Å². The van der Waals surface area contributed by atoms with Crippen LogP contribution in [0.15, 0.2) is 12.1 Å². The molecule has 122 valence electrons. The van der Waals surface area contributed by atoms with Gasteiger partial charge in [-0.15, -0.1) is 10.2 Å². The van der Waals surface area contributed by atoms with Gasteiger partial charge in [0.25, 0.3) is 5.91 Å². The number of halogens is 1. The topological polar surface area (TPSA) is 95.1 Å². The number of ether oxygens (including phenoxy) is 1. The van der Waals surface area contributed by atoms with Crippen molar-refractivity contribution in [3.8, 4) is 5.75 Å². The predicted molar refractivity (Wildman–Crippen MR) is 86.5 cm³/mol. The molecule has 1 aliphatic heterocycles. The number of carbonyl (C=O) groups is 1. The van der Waals surface area contributed by atoms with Crippen molar-refractivity contribution in [2.75, 3.05) is 12.8 Å². The number of hydrogen-bond donors (Lipinski definition) is 2. The molecular formula is C15H18ClN5O2. The van der Waals surface area contributed by atoms with Crippen molar-refractivity contribution >= 4 is 23.2 Å². The molecule has 1 aromatic carbocycles. The van der Waals surface area contributed by atoms with Gasteiger partial charge in [-0.05, 0) is 18.9 Å². The zero-order valence-corrected chi connectivity index (χ0v) is 13.6. The molecular weight excluding hydrogens is 318 g/mol. The first-order valence-corrected chi connectivity index (χ1v) is 7.80. The van der Waals surface area contributed by atoms with Crippen LogP contribution in [0.25, 0.3) is 0 Å². The Morgan fingerprint density at radius 3 is 3.04 bits per heavy atom. The zero-order valence-electron chi connectivity index (χ0n) is 12.8. The van der Waals surface area contributed by atoms with Crippen molar-refractivity contribution < 1.29 is 9.53 Å². The maximum absolute atomic E-state index is 12.4. The van der Waals surface area contributed by atoms with Crippen LogP contribution in [-0.4, -0.2) is 27.8 Å². The summed E-state index contributed by atoms with van der Waals surface area (Å²) < 4.78 is 7.26. The Labute approximate surface area is 138 Å². The number of rotatable bonds is 4. The lowest BCUT2D eigenvalue weighted by Crippen LogP contribution is -2.26. The van der Waals surface area contributed by atoms with E-state index in [4.69, 9.17) is 22.1 Å². The third-order valence-electron chi connectivity index (χ3n) is 3.91. The van der Waals surface area contributed by atoms with Gasteiger partial charge in [-0.2, -0.15) is 0 Å². The fourth-order valence-corrected chi connectivity index (χ4v) is 2.83. The highest BCUT2D eigenvalue weighted by Gasteiger charge is 2.18. The van der Waals surface area contributed by atoms with Crippen LogP contribution in [-0.2, 0) is 19.5 Å². The molecule has 1 amide bonds. The molecule has 0 aliphatic carbocycles. The molecule has 1 aromatic heterocycles. The number of nitrogens with zero attached hydrogens (tertiary/aromatic N) is 3. The van der Waals surface area contributed by atoms with Crippen molar-refractivity contribution in [2.45, 2.75) is 32.4 Å². The maximum Gasteiger partial charge on any atom is 0.255 e. The van der Waals surface area contributed by atoms with E-state index in [1.165, 1.54) is 19.2 Å². The van der Waals surface area contributed by atoms with Crippen LogP contribution in [0.3, 0.4) is 0 Å². The summed E-state index contributed by atoms with van der Waals surface area (Å²) in [4.78, 5) is 12.4. The van der Waals surface area contributed by atoms with E-state index < -0.39 is 0 Å². The standard InChI is InChI=1S/C15H18ClN5O2/c1-23-12-7-11(17)10(16)6-9(12)15(22)18-8-14-20-19-13-4-2-3-5-21(13)14/h6-7H,2-5,8,17H2,1H3,(H,18,22). The lowest BCUT2D eigenvalue weighted by Gasteiger charge is -2.15. The van der Waals surface area contributed by atoms with Crippen molar-refractivity contribution in [3.05, 3.63) is 34.4 Å². The first-order chi connectivity index (χ1) is 11.1. The molecule has 3 rings (SSSR count). The Bertz CT molecular complexity index is 744. The van der Waals surface area contributed by atoms with Gasteiger partial charge >= 0.3 is 0 Å². The van der Waals surface area contributed by atoms with Gasteiger partial charge in [-0.3, -0.25) is 4.79 Å². The maximum atomic E-state index is 12.4. The molecule has 0 atom stereocenters. The summed E-state index contributed by atoms with van der Waals surface area (Å²) in [5, 5.41) is 11.5. The zero-order chi connectivity index (χ0) is 16.4. The van der Waals surface area contributed by atoms with Gasteiger partial charge < -0.3 is 20.4 Å². The van der Waals surface area contributed by atoms with Crippen LogP contribution >= 0.6 is 11.6 Å². The van der Waals surface area contributed by atoms with Gasteiger partial charge in [-0.1, -0.05) is 11.6 Å². The molecule has 0 radical (unpaired) electrons. The average molecular weight is 336 g/mol. The fourth-order valence-electron chi connectivity index (χ4n) is 2.67. The molecule has 1 aliphatic rings. The number of nitrogen functional groups attached to an aromatic ring is 1. The number of benzene rings is 1. The summed E-state index contributed by atoms with van der Waals surface area (Å²) in [7, 11) is 1.48. The molecule has 2 aromatic rings. The normalized spacial score (nSPS) is 13.5. The lowest BCUT2D eigenvalue weighted by molar-refractivity contribution is 0.0946. The summed E-state index contributed by atoms with van der Waals surface area (Å²) in [5.41, 5.74) is 6.43. The number of carbonyl (C=O) groups excluding carboxylic acids is 1. The van der Waals surface area contributed by atoms with E-state index in [0.717, 1.165) is 37.5 Å². The van der Waals surface area contributed by atoms with Crippen LogP contribution in [0.1, 0.15) is 34.8 Å². The van der Waals surface area contributed by atoms with Gasteiger partial charge in [0.1, 0.15) is 11.6 Å². The Morgan fingerprint density at radius 2 is 2.26 bits per heavy atom. The van der Waals surface area contributed by atoms with E-state index in [-0.39, 0.29) is 5.91 Å². The van der Waals surface area contributed by atoms with Crippen LogP contribution in [0.2, 0.25) is 5.02 Å². The van der Waals surface area contributed by atoms with Gasteiger partial charge in [0.15, 0.2) is 5.82 Å². The third-order valence-corrected chi connectivity index (χ3v) is 4.23. The minimum Gasteiger partial charge on any atom is -0.496 e. The second kappa shape index (κ2) is 6.45. The van der Waals surface area contributed by atoms with Crippen LogP contribution in [0, 0.1) is 0 Å². The third kappa shape index (κ3) is 3.10.